The van der Waals surface area contributed by atoms with Gasteiger partial charge in [-0.1, -0.05) is 48.5 Å². The Morgan fingerprint density at radius 2 is 2.04 bits per heavy atom. The van der Waals surface area contributed by atoms with Gasteiger partial charge in [0, 0.05) is 23.5 Å². The number of aryl methyl sites for hydroxylation is 1. The first-order chi connectivity index (χ1) is 12.9. The van der Waals surface area contributed by atoms with Crippen molar-refractivity contribution in [1.82, 2.24) is 5.32 Å². The number of nitrogens with zero attached hydrogens (tertiary/aromatic N) is 1. The van der Waals surface area contributed by atoms with E-state index in [1.807, 2.05) is 57.2 Å². The summed E-state index contributed by atoms with van der Waals surface area (Å²) in [5, 5.41) is 2.96. The predicted octanol–water partition coefficient (Wildman–Crippen LogP) is 4.63. The Hall–Kier alpha value is -2.53. The van der Waals surface area contributed by atoms with E-state index in [9.17, 15) is 9.59 Å². The summed E-state index contributed by atoms with van der Waals surface area (Å²) in [6.45, 7) is 6.04. The summed E-state index contributed by atoms with van der Waals surface area (Å²) in [6, 6.07) is 13.7. The molecule has 1 atom stereocenters. The van der Waals surface area contributed by atoms with Crippen molar-refractivity contribution in [1.29, 1.82) is 0 Å². The van der Waals surface area contributed by atoms with Gasteiger partial charge < -0.3 is 10.2 Å². The third-order valence-corrected chi connectivity index (χ3v) is 5.73. The molecular formula is C22H24N2O2S. The molecule has 0 fully saturated rings. The molecule has 0 bridgehead atoms. The molecule has 3 rings (SSSR count). The molecule has 1 N–H and O–H groups in total. The van der Waals surface area contributed by atoms with Gasteiger partial charge in [0.1, 0.15) is 0 Å². The van der Waals surface area contributed by atoms with Gasteiger partial charge in [0.05, 0.1) is 10.6 Å². The molecule has 0 spiro atoms. The summed E-state index contributed by atoms with van der Waals surface area (Å²) in [7, 11) is 1.75. The monoisotopic (exact) mass is 380 g/mol. The topological polar surface area (TPSA) is 49.4 Å². The zero-order chi connectivity index (χ0) is 19.6. The summed E-state index contributed by atoms with van der Waals surface area (Å²) >= 11 is 1.45. The maximum absolute atomic E-state index is 12.8. The Morgan fingerprint density at radius 1 is 1.26 bits per heavy atom. The van der Waals surface area contributed by atoms with Gasteiger partial charge in [-0.25, -0.2) is 0 Å². The molecule has 0 radical (unpaired) electrons. The van der Waals surface area contributed by atoms with Crippen LogP contribution in [0.1, 0.15) is 41.8 Å². The molecule has 4 nitrogen and oxygen atoms in total. The van der Waals surface area contributed by atoms with E-state index in [-0.39, 0.29) is 17.9 Å². The van der Waals surface area contributed by atoms with Gasteiger partial charge in [0.15, 0.2) is 0 Å². The number of likely N-dealkylation sites (N-methyl/N-ethyl adjacent to an activating group) is 1. The van der Waals surface area contributed by atoms with Crippen molar-refractivity contribution in [2.75, 3.05) is 11.9 Å². The fourth-order valence-corrected chi connectivity index (χ4v) is 3.95. The number of thioether (sulfide) groups is 1. The summed E-state index contributed by atoms with van der Waals surface area (Å²) < 4.78 is 0. The van der Waals surface area contributed by atoms with Crippen LogP contribution in [0.25, 0.3) is 6.08 Å². The van der Waals surface area contributed by atoms with Crippen LogP contribution in [0.15, 0.2) is 52.3 Å². The standard InChI is InChI=1S/C22H24N2O2S/c1-5-15(3)23-21(25)17-9-10-19-18(13-17)24(4)22(26)20(27-19)12-16-8-6-7-14(2)11-16/h6-13,15H,5H2,1-4H3,(H,23,25)/b20-12-. The minimum atomic E-state index is -0.112. The van der Waals surface area contributed by atoms with Crippen LogP contribution in [0.5, 0.6) is 0 Å². The maximum Gasteiger partial charge on any atom is 0.264 e. The highest BCUT2D eigenvalue weighted by atomic mass is 32.2. The van der Waals surface area contributed by atoms with Crippen LogP contribution in [0.4, 0.5) is 5.69 Å². The normalized spacial score (nSPS) is 16.2. The lowest BCUT2D eigenvalue weighted by Gasteiger charge is -2.27. The van der Waals surface area contributed by atoms with E-state index >= 15 is 0 Å². The fourth-order valence-electron chi connectivity index (χ4n) is 2.86. The van der Waals surface area contributed by atoms with E-state index in [2.05, 4.69) is 11.4 Å². The highest BCUT2D eigenvalue weighted by molar-refractivity contribution is 8.04. The van der Waals surface area contributed by atoms with E-state index in [0.717, 1.165) is 28.1 Å². The van der Waals surface area contributed by atoms with Gasteiger partial charge in [-0.2, -0.15) is 0 Å². The van der Waals surface area contributed by atoms with Crippen molar-refractivity contribution in [3.8, 4) is 0 Å². The Labute approximate surface area is 164 Å². The van der Waals surface area contributed by atoms with Crippen molar-refractivity contribution in [3.05, 3.63) is 64.1 Å². The molecule has 0 aliphatic carbocycles. The average Bonchev–Trinajstić information content (AvgIpc) is 2.65. The molecule has 1 aliphatic heterocycles. The van der Waals surface area contributed by atoms with Crippen LogP contribution in [-0.2, 0) is 4.79 Å². The summed E-state index contributed by atoms with van der Waals surface area (Å²) in [5.41, 5.74) is 3.50. The number of benzene rings is 2. The van der Waals surface area contributed by atoms with Crippen molar-refractivity contribution < 1.29 is 9.59 Å². The minimum Gasteiger partial charge on any atom is -0.350 e. The molecule has 140 valence electrons. The molecule has 0 saturated carbocycles. The fraction of sp³-hybridized carbons (Fsp3) is 0.273. The van der Waals surface area contributed by atoms with Gasteiger partial charge in [-0.3, -0.25) is 9.59 Å². The molecule has 1 heterocycles. The van der Waals surface area contributed by atoms with Crippen molar-refractivity contribution in [3.63, 3.8) is 0 Å². The van der Waals surface area contributed by atoms with Gasteiger partial charge in [-0.15, -0.1) is 0 Å². The lowest BCUT2D eigenvalue weighted by Crippen LogP contribution is -2.33. The average molecular weight is 381 g/mol. The van der Waals surface area contributed by atoms with E-state index < -0.39 is 0 Å². The zero-order valence-corrected chi connectivity index (χ0v) is 16.9. The maximum atomic E-state index is 12.8. The highest BCUT2D eigenvalue weighted by Crippen LogP contribution is 2.42. The Bertz CT molecular complexity index is 920. The number of carbonyl (C=O) groups excluding carboxylic acids is 2. The van der Waals surface area contributed by atoms with Crippen LogP contribution >= 0.6 is 11.8 Å². The molecule has 1 unspecified atom stereocenters. The number of nitrogens with one attached hydrogen (secondary N) is 1. The van der Waals surface area contributed by atoms with Crippen LogP contribution in [0.3, 0.4) is 0 Å². The first kappa shape index (κ1) is 19.2. The van der Waals surface area contributed by atoms with Crippen molar-refractivity contribution in [2.24, 2.45) is 0 Å². The molecule has 2 aromatic carbocycles. The summed E-state index contributed by atoms with van der Waals surface area (Å²) in [5.74, 6) is -0.174. The Kier molecular flexibility index (Phi) is 5.71. The van der Waals surface area contributed by atoms with Gasteiger partial charge in [-0.05, 0) is 50.1 Å². The molecule has 5 heteroatoms. The van der Waals surface area contributed by atoms with Gasteiger partial charge in [0.25, 0.3) is 11.8 Å². The lowest BCUT2D eigenvalue weighted by atomic mass is 10.1. The van der Waals surface area contributed by atoms with E-state index in [0.29, 0.717) is 10.5 Å². The summed E-state index contributed by atoms with van der Waals surface area (Å²) in [4.78, 5) is 28.5. The minimum absolute atomic E-state index is 0.0616. The number of hydrogen-bond donors (Lipinski definition) is 1. The second kappa shape index (κ2) is 8.01. The van der Waals surface area contributed by atoms with Gasteiger partial charge in [0.2, 0.25) is 0 Å². The number of amides is 2. The first-order valence-electron chi connectivity index (χ1n) is 9.08. The van der Waals surface area contributed by atoms with Gasteiger partial charge >= 0.3 is 0 Å². The highest BCUT2D eigenvalue weighted by Gasteiger charge is 2.27. The molecule has 0 aromatic heterocycles. The number of rotatable bonds is 4. The van der Waals surface area contributed by atoms with Crippen LogP contribution in [-0.4, -0.2) is 24.9 Å². The first-order valence-corrected chi connectivity index (χ1v) is 9.90. The second-order valence-electron chi connectivity index (χ2n) is 6.85. The smallest absolute Gasteiger partial charge is 0.264 e. The van der Waals surface area contributed by atoms with E-state index in [4.69, 9.17) is 0 Å². The lowest BCUT2D eigenvalue weighted by molar-refractivity contribution is -0.114. The quantitative estimate of drug-likeness (QED) is 0.787. The number of carbonyl (C=O) groups is 2. The molecule has 27 heavy (non-hydrogen) atoms. The van der Waals surface area contributed by atoms with Crippen LogP contribution in [0, 0.1) is 6.92 Å². The molecule has 0 saturated heterocycles. The molecule has 2 amide bonds. The van der Waals surface area contributed by atoms with E-state index in [1.54, 1.807) is 18.0 Å². The third-order valence-electron chi connectivity index (χ3n) is 4.65. The van der Waals surface area contributed by atoms with Crippen LogP contribution < -0.4 is 10.2 Å². The molecule has 1 aliphatic rings. The number of fused-ring (bicyclic) bond motifs is 1. The largest absolute Gasteiger partial charge is 0.350 e. The second-order valence-corrected chi connectivity index (χ2v) is 7.94. The van der Waals surface area contributed by atoms with Crippen molar-refractivity contribution in [2.45, 2.75) is 38.1 Å². The summed E-state index contributed by atoms with van der Waals surface area (Å²) in [6.07, 6.45) is 2.79. The SMILES string of the molecule is CCC(C)NC(=O)c1ccc2c(c1)N(C)C(=O)/C(=C/c1cccc(C)c1)S2. The molecule has 2 aromatic rings. The Morgan fingerprint density at radius 3 is 2.74 bits per heavy atom. The molecular weight excluding hydrogens is 356 g/mol. The number of hydrogen-bond acceptors (Lipinski definition) is 3. The Balaban J connectivity index is 1.90. The van der Waals surface area contributed by atoms with Crippen LogP contribution in [0.2, 0.25) is 0 Å². The third kappa shape index (κ3) is 4.25. The number of anilines is 1. The van der Waals surface area contributed by atoms with E-state index in [1.165, 1.54) is 11.8 Å². The predicted molar refractivity (Wildman–Crippen MR) is 112 cm³/mol. The zero-order valence-electron chi connectivity index (χ0n) is 16.1. The van der Waals surface area contributed by atoms with Crippen molar-refractivity contribution >= 4 is 35.3 Å².